The topological polar surface area (TPSA) is 89.0 Å². The highest BCUT2D eigenvalue weighted by Crippen LogP contribution is 2.12. The number of carboxylic acids is 1. The van der Waals surface area contributed by atoms with E-state index in [2.05, 4.69) is 4.98 Å². The molecule has 1 aromatic rings. The molecule has 1 aromatic heterocycles. The van der Waals surface area contributed by atoms with Crippen LogP contribution in [0.3, 0.4) is 0 Å². The van der Waals surface area contributed by atoms with Crippen molar-refractivity contribution in [2.75, 3.05) is 40.5 Å². The summed E-state index contributed by atoms with van der Waals surface area (Å²) in [7, 11) is 3.09. The van der Waals surface area contributed by atoms with Crippen molar-refractivity contribution < 1.29 is 24.2 Å². The molecule has 0 aliphatic rings. The Labute approximate surface area is 114 Å². The maximum Gasteiger partial charge on any atom is 0.355 e. The Bertz CT molecular complexity index is 426. The number of aromatic nitrogens is 1. The molecule has 19 heavy (non-hydrogen) atoms. The molecule has 1 amide bonds. The lowest BCUT2D eigenvalue weighted by Gasteiger charge is -2.20. The van der Waals surface area contributed by atoms with Gasteiger partial charge in [0.15, 0.2) is 10.7 Å². The number of ether oxygens (including phenoxy) is 2. The van der Waals surface area contributed by atoms with Crippen molar-refractivity contribution in [2.45, 2.75) is 0 Å². The highest BCUT2D eigenvalue weighted by molar-refractivity contribution is 7.11. The maximum atomic E-state index is 12.2. The number of carbonyl (C=O) groups is 2. The van der Waals surface area contributed by atoms with Crippen molar-refractivity contribution in [2.24, 2.45) is 0 Å². The van der Waals surface area contributed by atoms with Gasteiger partial charge in [-0.3, -0.25) is 4.79 Å². The van der Waals surface area contributed by atoms with E-state index in [0.29, 0.717) is 26.3 Å². The summed E-state index contributed by atoms with van der Waals surface area (Å²) in [5.74, 6) is -1.46. The van der Waals surface area contributed by atoms with Gasteiger partial charge >= 0.3 is 5.97 Å². The molecule has 8 heteroatoms. The van der Waals surface area contributed by atoms with Crippen LogP contribution < -0.4 is 0 Å². The zero-order valence-electron chi connectivity index (χ0n) is 10.8. The first kappa shape index (κ1) is 15.5. The molecule has 106 valence electrons. The molecule has 0 saturated carbocycles. The van der Waals surface area contributed by atoms with Crippen LogP contribution in [0.25, 0.3) is 0 Å². The third kappa shape index (κ3) is 4.58. The van der Waals surface area contributed by atoms with Crippen molar-refractivity contribution in [3.05, 3.63) is 16.1 Å². The molecule has 0 saturated heterocycles. The highest BCUT2D eigenvalue weighted by atomic mass is 32.1. The molecular formula is C11H16N2O5S. The molecule has 1 heterocycles. The lowest BCUT2D eigenvalue weighted by molar-refractivity contribution is 0.0626. The quantitative estimate of drug-likeness (QED) is 0.752. The predicted octanol–water partition coefficient (Wildman–Crippen LogP) is 0.576. The number of hydrogen-bond donors (Lipinski definition) is 1. The second kappa shape index (κ2) is 7.82. The van der Waals surface area contributed by atoms with Crippen LogP contribution in [0.1, 0.15) is 20.3 Å². The van der Waals surface area contributed by atoms with Gasteiger partial charge in [0.25, 0.3) is 5.91 Å². The summed E-state index contributed by atoms with van der Waals surface area (Å²) in [6.07, 6.45) is 0. The molecule has 7 nitrogen and oxygen atoms in total. The van der Waals surface area contributed by atoms with Crippen LogP contribution in [0.4, 0.5) is 0 Å². The summed E-state index contributed by atoms with van der Waals surface area (Å²) in [6, 6.07) is 0. The molecular weight excluding hydrogens is 272 g/mol. The zero-order valence-corrected chi connectivity index (χ0v) is 11.6. The minimum Gasteiger partial charge on any atom is -0.476 e. The lowest BCUT2D eigenvalue weighted by Crippen LogP contribution is -2.36. The van der Waals surface area contributed by atoms with Gasteiger partial charge in [0.2, 0.25) is 0 Å². The van der Waals surface area contributed by atoms with Crippen molar-refractivity contribution in [3.8, 4) is 0 Å². The number of amides is 1. The van der Waals surface area contributed by atoms with E-state index < -0.39 is 5.97 Å². The molecule has 1 N–H and O–H groups in total. The Morgan fingerprint density at radius 1 is 1.32 bits per heavy atom. The summed E-state index contributed by atoms with van der Waals surface area (Å²) >= 11 is 1.02. The van der Waals surface area contributed by atoms with E-state index in [1.54, 1.807) is 14.2 Å². The fourth-order valence-corrected chi connectivity index (χ4v) is 2.08. The van der Waals surface area contributed by atoms with Gasteiger partial charge in [-0.1, -0.05) is 0 Å². The Hall–Kier alpha value is -1.51. The Morgan fingerprint density at radius 2 is 1.89 bits per heavy atom. The van der Waals surface area contributed by atoms with E-state index in [9.17, 15) is 9.59 Å². The van der Waals surface area contributed by atoms with E-state index in [0.717, 1.165) is 11.3 Å². The number of nitrogens with zero attached hydrogens (tertiary/aromatic N) is 2. The minimum absolute atomic E-state index is 0.119. The first-order valence-corrected chi connectivity index (χ1v) is 6.44. The molecule has 0 spiro atoms. The van der Waals surface area contributed by atoms with Gasteiger partial charge in [-0.2, -0.15) is 0 Å². The first-order valence-electron chi connectivity index (χ1n) is 5.56. The van der Waals surface area contributed by atoms with Crippen molar-refractivity contribution in [1.82, 2.24) is 9.88 Å². The second-order valence-electron chi connectivity index (χ2n) is 3.62. The smallest absolute Gasteiger partial charge is 0.355 e. The maximum absolute atomic E-state index is 12.2. The summed E-state index contributed by atoms with van der Waals surface area (Å²) in [4.78, 5) is 28.2. The molecule has 0 radical (unpaired) electrons. The van der Waals surface area contributed by atoms with Crippen molar-refractivity contribution >= 4 is 23.2 Å². The fraction of sp³-hybridized carbons (Fsp3) is 0.545. The monoisotopic (exact) mass is 288 g/mol. The van der Waals surface area contributed by atoms with E-state index in [1.807, 2.05) is 0 Å². The van der Waals surface area contributed by atoms with E-state index in [4.69, 9.17) is 14.6 Å². The minimum atomic E-state index is -1.14. The van der Waals surface area contributed by atoms with Gasteiger partial charge in [-0.15, -0.1) is 11.3 Å². The van der Waals surface area contributed by atoms with Crippen LogP contribution in [-0.4, -0.2) is 67.4 Å². The summed E-state index contributed by atoms with van der Waals surface area (Å²) in [6.45, 7) is 1.60. The van der Waals surface area contributed by atoms with Crippen LogP contribution >= 0.6 is 11.3 Å². The molecule has 0 unspecified atom stereocenters. The van der Waals surface area contributed by atoms with E-state index >= 15 is 0 Å². The molecule has 0 aliphatic carbocycles. The standard InChI is InChI=1S/C11H16N2O5S/c1-17-5-3-13(4-6-18-2)10(14)9-12-8(7-19-9)11(15)16/h7H,3-6H2,1-2H3,(H,15,16). The zero-order chi connectivity index (χ0) is 14.3. The van der Waals surface area contributed by atoms with Crippen molar-refractivity contribution in [3.63, 3.8) is 0 Å². The number of methoxy groups -OCH3 is 2. The second-order valence-corrected chi connectivity index (χ2v) is 4.48. The van der Waals surface area contributed by atoms with Crippen LogP contribution in [0.5, 0.6) is 0 Å². The normalized spacial score (nSPS) is 10.4. The largest absolute Gasteiger partial charge is 0.476 e. The third-order valence-electron chi connectivity index (χ3n) is 2.32. The number of aromatic carboxylic acids is 1. The summed E-state index contributed by atoms with van der Waals surface area (Å²) in [5.41, 5.74) is -0.119. The molecule has 0 atom stereocenters. The number of hydrogen-bond acceptors (Lipinski definition) is 6. The van der Waals surface area contributed by atoms with Crippen LogP contribution in [0.2, 0.25) is 0 Å². The van der Waals surface area contributed by atoms with Gasteiger partial charge in [0.05, 0.1) is 13.2 Å². The third-order valence-corrected chi connectivity index (χ3v) is 3.15. The number of thiazole rings is 1. The number of carbonyl (C=O) groups excluding carboxylic acids is 1. The van der Waals surface area contributed by atoms with Gasteiger partial charge in [0.1, 0.15) is 0 Å². The van der Waals surface area contributed by atoms with Crippen LogP contribution in [0, 0.1) is 0 Å². The SMILES string of the molecule is COCCN(CCOC)C(=O)c1nc(C(=O)O)cs1. The molecule has 0 aliphatic heterocycles. The molecule has 1 rings (SSSR count). The van der Waals surface area contributed by atoms with E-state index in [-0.39, 0.29) is 16.6 Å². The average Bonchev–Trinajstić information content (AvgIpc) is 2.88. The molecule has 0 aromatic carbocycles. The van der Waals surface area contributed by atoms with Crippen LogP contribution in [-0.2, 0) is 9.47 Å². The van der Waals surface area contributed by atoms with Gasteiger partial charge < -0.3 is 19.5 Å². The molecule has 0 bridgehead atoms. The number of rotatable bonds is 8. The average molecular weight is 288 g/mol. The predicted molar refractivity (Wildman–Crippen MR) is 68.7 cm³/mol. The highest BCUT2D eigenvalue weighted by Gasteiger charge is 2.20. The van der Waals surface area contributed by atoms with Crippen molar-refractivity contribution in [1.29, 1.82) is 0 Å². The Balaban J connectivity index is 2.75. The Morgan fingerprint density at radius 3 is 2.32 bits per heavy atom. The van der Waals surface area contributed by atoms with E-state index in [1.165, 1.54) is 10.3 Å². The first-order chi connectivity index (χ1) is 9.10. The van der Waals surface area contributed by atoms with Gasteiger partial charge in [0, 0.05) is 32.7 Å². The lowest BCUT2D eigenvalue weighted by atomic mass is 10.4. The summed E-state index contributed by atoms with van der Waals surface area (Å²) < 4.78 is 9.87. The Kier molecular flexibility index (Phi) is 6.40. The molecule has 0 fully saturated rings. The van der Waals surface area contributed by atoms with Crippen LogP contribution in [0.15, 0.2) is 5.38 Å². The van der Waals surface area contributed by atoms with Gasteiger partial charge in [-0.25, -0.2) is 9.78 Å². The number of carboxylic acid groups (broad SMARTS) is 1. The van der Waals surface area contributed by atoms with Gasteiger partial charge in [-0.05, 0) is 0 Å². The summed E-state index contributed by atoms with van der Waals surface area (Å²) in [5, 5.41) is 10.3. The fourth-order valence-electron chi connectivity index (χ4n) is 1.32.